The van der Waals surface area contributed by atoms with Crippen LogP contribution in [0.2, 0.25) is 0 Å². The highest BCUT2D eigenvalue weighted by Gasteiger charge is 2.20. The van der Waals surface area contributed by atoms with Gasteiger partial charge in [0, 0.05) is 0 Å². The molecule has 1 aliphatic heterocycles. The Balaban J connectivity index is 2.02. The van der Waals surface area contributed by atoms with E-state index in [1.165, 1.54) is 6.20 Å². The molecule has 0 saturated heterocycles. The summed E-state index contributed by atoms with van der Waals surface area (Å²) in [5.74, 6) is 0.580. The predicted molar refractivity (Wildman–Crippen MR) is 72.3 cm³/mol. The van der Waals surface area contributed by atoms with Crippen LogP contribution in [0.5, 0.6) is 5.75 Å². The summed E-state index contributed by atoms with van der Waals surface area (Å²) in [6.45, 7) is 0.659. The highest BCUT2D eigenvalue weighted by atomic mass is 16.5. The second-order valence-corrected chi connectivity index (χ2v) is 4.55. The van der Waals surface area contributed by atoms with Gasteiger partial charge in [-0.15, -0.1) is 0 Å². The average Bonchev–Trinajstić information content (AvgIpc) is 2.47. The van der Waals surface area contributed by atoms with E-state index in [0.717, 1.165) is 18.4 Å². The molecule has 2 N–H and O–H groups in total. The fraction of sp³-hybridized carbons (Fsp3) is 0.200. The first kappa shape index (κ1) is 11.7. The molecule has 2 aromatic rings. The largest absolute Gasteiger partial charge is 0.493 e. The van der Waals surface area contributed by atoms with Gasteiger partial charge in [0.05, 0.1) is 24.1 Å². The molecule has 0 amide bonds. The molecule has 0 saturated carbocycles. The van der Waals surface area contributed by atoms with Crippen molar-refractivity contribution in [3.8, 4) is 5.75 Å². The van der Waals surface area contributed by atoms with Crippen LogP contribution in [0.1, 0.15) is 28.0 Å². The molecule has 0 bridgehead atoms. The summed E-state index contributed by atoms with van der Waals surface area (Å²) in [6, 6.07) is 8.99. The molecular formula is C15H14N2O2. The average molecular weight is 254 g/mol. The zero-order valence-corrected chi connectivity index (χ0v) is 10.4. The van der Waals surface area contributed by atoms with Crippen LogP contribution in [0.15, 0.2) is 36.5 Å². The number of carbonyl (C=O) groups excluding carboxylic acids is 1. The normalized spacial score (nSPS) is 13.5. The zero-order valence-electron chi connectivity index (χ0n) is 10.4. The molecule has 0 aliphatic carbocycles. The molecule has 0 fully saturated rings. The van der Waals surface area contributed by atoms with Crippen molar-refractivity contribution in [1.29, 1.82) is 0 Å². The molecule has 4 heteroatoms. The fourth-order valence-electron chi connectivity index (χ4n) is 2.25. The van der Waals surface area contributed by atoms with Crippen LogP contribution in [0, 0.1) is 0 Å². The summed E-state index contributed by atoms with van der Waals surface area (Å²) in [7, 11) is 0. The molecule has 1 aromatic carbocycles. The summed E-state index contributed by atoms with van der Waals surface area (Å²) in [5.41, 5.74) is 8.18. The molecule has 0 unspecified atom stereocenters. The maximum atomic E-state index is 12.4. The Bertz CT molecular complexity index is 621. The lowest BCUT2D eigenvalue weighted by Crippen LogP contribution is -2.14. The smallest absolute Gasteiger partial charge is 0.215 e. The SMILES string of the molecule is Nc1ccc(C(=O)c2cccc3c2OCCC3)nc1. The van der Waals surface area contributed by atoms with E-state index in [9.17, 15) is 4.79 Å². The second kappa shape index (κ2) is 4.72. The Morgan fingerprint density at radius 1 is 1.26 bits per heavy atom. The summed E-state index contributed by atoms with van der Waals surface area (Å²) < 4.78 is 5.65. The zero-order chi connectivity index (χ0) is 13.2. The van der Waals surface area contributed by atoms with Crippen LogP contribution < -0.4 is 10.5 Å². The number of nitrogens with two attached hydrogens (primary N) is 1. The van der Waals surface area contributed by atoms with Gasteiger partial charge in [0.15, 0.2) is 0 Å². The lowest BCUT2D eigenvalue weighted by molar-refractivity contribution is 0.102. The molecule has 3 rings (SSSR count). The summed E-state index contributed by atoms with van der Waals surface area (Å²) in [5, 5.41) is 0. The van der Waals surface area contributed by atoms with Crippen molar-refractivity contribution < 1.29 is 9.53 Å². The highest BCUT2D eigenvalue weighted by Crippen LogP contribution is 2.30. The van der Waals surface area contributed by atoms with Crippen molar-refractivity contribution in [2.24, 2.45) is 0 Å². The van der Waals surface area contributed by atoms with Crippen LogP contribution in [-0.4, -0.2) is 17.4 Å². The van der Waals surface area contributed by atoms with Crippen LogP contribution in [0.4, 0.5) is 5.69 Å². The van der Waals surface area contributed by atoms with E-state index in [0.29, 0.717) is 29.3 Å². The number of nitrogen functional groups attached to an aromatic ring is 1. The van der Waals surface area contributed by atoms with Gasteiger partial charge in [-0.25, -0.2) is 0 Å². The van der Waals surface area contributed by atoms with Gasteiger partial charge in [-0.2, -0.15) is 0 Å². The second-order valence-electron chi connectivity index (χ2n) is 4.55. The lowest BCUT2D eigenvalue weighted by atomic mass is 9.99. The number of rotatable bonds is 2. The van der Waals surface area contributed by atoms with E-state index in [1.54, 1.807) is 18.2 Å². The van der Waals surface area contributed by atoms with E-state index >= 15 is 0 Å². The van der Waals surface area contributed by atoms with E-state index < -0.39 is 0 Å². The van der Waals surface area contributed by atoms with Gasteiger partial charge in [-0.05, 0) is 36.6 Å². The number of carbonyl (C=O) groups is 1. The summed E-state index contributed by atoms with van der Waals surface area (Å²) in [4.78, 5) is 16.5. The molecule has 19 heavy (non-hydrogen) atoms. The highest BCUT2D eigenvalue weighted by molar-refractivity contribution is 6.09. The van der Waals surface area contributed by atoms with Crippen molar-refractivity contribution in [3.63, 3.8) is 0 Å². The number of ketones is 1. The third-order valence-electron chi connectivity index (χ3n) is 3.20. The standard InChI is InChI=1S/C15H14N2O2/c16-11-6-7-13(17-9-11)14(18)12-5-1-3-10-4-2-8-19-15(10)12/h1,3,5-7,9H,2,4,8,16H2. The van der Waals surface area contributed by atoms with Gasteiger partial charge < -0.3 is 10.5 Å². The molecule has 1 aliphatic rings. The molecule has 96 valence electrons. The summed E-state index contributed by atoms with van der Waals surface area (Å²) in [6.07, 6.45) is 3.43. The van der Waals surface area contributed by atoms with Gasteiger partial charge >= 0.3 is 0 Å². The minimum Gasteiger partial charge on any atom is -0.493 e. The number of hydrogen-bond acceptors (Lipinski definition) is 4. The Morgan fingerprint density at radius 2 is 2.16 bits per heavy atom. The number of fused-ring (bicyclic) bond motifs is 1. The Labute approximate surface area is 111 Å². The number of anilines is 1. The molecule has 0 atom stereocenters. The molecule has 1 aromatic heterocycles. The first-order valence-corrected chi connectivity index (χ1v) is 6.26. The molecule has 0 spiro atoms. The maximum absolute atomic E-state index is 12.4. The van der Waals surface area contributed by atoms with Crippen LogP contribution in [-0.2, 0) is 6.42 Å². The minimum atomic E-state index is -0.126. The molecule has 2 heterocycles. The number of hydrogen-bond donors (Lipinski definition) is 1. The Hall–Kier alpha value is -2.36. The van der Waals surface area contributed by atoms with E-state index in [1.807, 2.05) is 12.1 Å². The van der Waals surface area contributed by atoms with E-state index in [4.69, 9.17) is 10.5 Å². The van der Waals surface area contributed by atoms with Crippen molar-refractivity contribution >= 4 is 11.5 Å². The third kappa shape index (κ3) is 2.17. The maximum Gasteiger partial charge on any atom is 0.215 e. The van der Waals surface area contributed by atoms with Crippen molar-refractivity contribution in [2.45, 2.75) is 12.8 Å². The quantitative estimate of drug-likeness (QED) is 0.834. The fourth-order valence-corrected chi connectivity index (χ4v) is 2.25. The van der Waals surface area contributed by atoms with Crippen molar-refractivity contribution in [2.75, 3.05) is 12.3 Å². The number of nitrogens with zero attached hydrogens (tertiary/aromatic N) is 1. The van der Waals surface area contributed by atoms with Crippen LogP contribution in [0.25, 0.3) is 0 Å². The van der Waals surface area contributed by atoms with Gasteiger partial charge in [-0.3, -0.25) is 9.78 Å². The number of pyridine rings is 1. The number of aryl methyl sites for hydroxylation is 1. The van der Waals surface area contributed by atoms with Gasteiger partial charge in [0.25, 0.3) is 0 Å². The van der Waals surface area contributed by atoms with E-state index in [-0.39, 0.29) is 5.78 Å². The topological polar surface area (TPSA) is 65.2 Å². The van der Waals surface area contributed by atoms with Gasteiger partial charge in [0.2, 0.25) is 5.78 Å². The Kier molecular flexibility index (Phi) is 2.91. The third-order valence-corrected chi connectivity index (χ3v) is 3.20. The molecular weight excluding hydrogens is 240 g/mol. The van der Waals surface area contributed by atoms with Crippen LogP contribution in [0.3, 0.4) is 0 Å². The van der Waals surface area contributed by atoms with Gasteiger partial charge in [-0.1, -0.05) is 12.1 Å². The minimum absolute atomic E-state index is 0.126. The number of aromatic nitrogens is 1. The molecule has 0 radical (unpaired) electrons. The van der Waals surface area contributed by atoms with Crippen molar-refractivity contribution in [3.05, 3.63) is 53.3 Å². The van der Waals surface area contributed by atoms with E-state index in [2.05, 4.69) is 4.98 Å². The Morgan fingerprint density at radius 3 is 2.95 bits per heavy atom. The van der Waals surface area contributed by atoms with Crippen molar-refractivity contribution in [1.82, 2.24) is 4.98 Å². The monoisotopic (exact) mass is 254 g/mol. The summed E-state index contributed by atoms with van der Waals surface area (Å²) >= 11 is 0. The number of para-hydroxylation sites is 1. The first-order chi connectivity index (χ1) is 9.25. The first-order valence-electron chi connectivity index (χ1n) is 6.26. The van der Waals surface area contributed by atoms with Crippen LogP contribution >= 0.6 is 0 Å². The molecule has 4 nitrogen and oxygen atoms in total. The predicted octanol–water partition coefficient (Wildman–Crippen LogP) is 2.22. The number of ether oxygens (including phenoxy) is 1. The lowest BCUT2D eigenvalue weighted by Gasteiger charge is -2.19. The number of benzene rings is 1. The van der Waals surface area contributed by atoms with Gasteiger partial charge in [0.1, 0.15) is 11.4 Å².